The molecule has 0 unspecified atom stereocenters. The van der Waals surface area contributed by atoms with E-state index in [2.05, 4.69) is 5.32 Å². The van der Waals surface area contributed by atoms with Crippen LogP contribution in [0.5, 0.6) is 0 Å². The van der Waals surface area contributed by atoms with Crippen LogP contribution >= 0.6 is 11.8 Å². The second kappa shape index (κ2) is 10.4. The van der Waals surface area contributed by atoms with Crippen molar-refractivity contribution in [1.82, 2.24) is 15.1 Å². The maximum atomic E-state index is 12.8. The average Bonchev–Trinajstić information content (AvgIpc) is 2.73. The van der Waals surface area contributed by atoms with Gasteiger partial charge in [0.05, 0.1) is 12.1 Å². The largest absolute Gasteiger partial charge is 0.351 e. The Bertz CT molecular complexity index is 828. The van der Waals surface area contributed by atoms with Crippen LogP contribution in [0.25, 0.3) is 0 Å². The first kappa shape index (κ1) is 21.3. The van der Waals surface area contributed by atoms with Crippen LogP contribution in [-0.2, 0) is 11.3 Å². The van der Waals surface area contributed by atoms with Crippen LogP contribution in [0.15, 0.2) is 59.5 Å². The highest BCUT2D eigenvalue weighted by Crippen LogP contribution is 2.29. The van der Waals surface area contributed by atoms with Gasteiger partial charge in [-0.2, -0.15) is 8.78 Å². The summed E-state index contributed by atoms with van der Waals surface area (Å²) in [6.45, 7) is 2.80. The van der Waals surface area contributed by atoms with Gasteiger partial charge < -0.3 is 10.2 Å². The van der Waals surface area contributed by atoms with E-state index in [9.17, 15) is 18.4 Å². The number of nitrogens with one attached hydrogen (secondary N) is 1. The van der Waals surface area contributed by atoms with E-state index in [0.717, 1.165) is 5.56 Å². The zero-order valence-corrected chi connectivity index (χ0v) is 16.7. The molecular formula is C21H23F2N3O2S. The number of alkyl halides is 2. The fourth-order valence-electron chi connectivity index (χ4n) is 3.18. The first-order valence-corrected chi connectivity index (χ1v) is 10.3. The van der Waals surface area contributed by atoms with Crippen molar-refractivity contribution >= 4 is 23.6 Å². The molecule has 0 spiro atoms. The summed E-state index contributed by atoms with van der Waals surface area (Å²) in [4.78, 5) is 28.9. The standard InChI is InChI=1S/C21H23F2N3O2S/c22-21(23)29-18-9-5-4-8-17(18)20(28)26-12-10-25(11-13-26)15-19(27)24-14-16-6-2-1-3-7-16/h1-9,21H,10-15H2,(H,24,27). The molecule has 2 aromatic rings. The molecule has 2 aromatic carbocycles. The third-order valence-corrected chi connectivity index (χ3v) is 5.48. The highest BCUT2D eigenvalue weighted by atomic mass is 32.2. The third-order valence-electron chi connectivity index (χ3n) is 4.69. The fourth-order valence-corrected chi connectivity index (χ4v) is 3.81. The molecule has 1 fully saturated rings. The molecule has 1 N–H and O–H groups in total. The molecule has 8 heteroatoms. The molecule has 0 bridgehead atoms. The summed E-state index contributed by atoms with van der Waals surface area (Å²) < 4.78 is 25.5. The van der Waals surface area contributed by atoms with Crippen molar-refractivity contribution < 1.29 is 18.4 Å². The van der Waals surface area contributed by atoms with Crippen molar-refractivity contribution in [2.45, 2.75) is 17.2 Å². The topological polar surface area (TPSA) is 52.7 Å². The predicted octanol–water partition coefficient (Wildman–Crippen LogP) is 3.08. The molecule has 0 radical (unpaired) electrons. The lowest BCUT2D eigenvalue weighted by atomic mass is 10.2. The number of benzene rings is 2. The van der Waals surface area contributed by atoms with Crippen LogP contribution in [0.1, 0.15) is 15.9 Å². The smallest absolute Gasteiger partial charge is 0.288 e. The quantitative estimate of drug-likeness (QED) is 0.701. The third kappa shape index (κ3) is 6.27. The number of halogens is 2. The van der Waals surface area contributed by atoms with E-state index in [1.165, 1.54) is 6.07 Å². The zero-order chi connectivity index (χ0) is 20.6. The number of amides is 2. The van der Waals surface area contributed by atoms with Gasteiger partial charge in [0.2, 0.25) is 5.91 Å². The van der Waals surface area contributed by atoms with Gasteiger partial charge in [0, 0.05) is 37.6 Å². The Morgan fingerprint density at radius 3 is 2.31 bits per heavy atom. The monoisotopic (exact) mass is 419 g/mol. The lowest BCUT2D eigenvalue weighted by Crippen LogP contribution is -2.51. The number of hydrogen-bond donors (Lipinski definition) is 1. The minimum atomic E-state index is -2.57. The van der Waals surface area contributed by atoms with E-state index in [1.807, 2.05) is 35.2 Å². The van der Waals surface area contributed by atoms with E-state index in [1.54, 1.807) is 23.1 Å². The van der Waals surface area contributed by atoms with E-state index < -0.39 is 5.76 Å². The van der Waals surface area contributed by atoms with E-state index in [0.29, 0.717) is 50.0 Å². The average molecular weight is 419 g/mol. The number of thioether (sulfide) groups is 1. The number of hydrogen-bond acceptors (Lipinski definition) is 4. The molecule has 1 heterocycles. The van der Waals surface area contributed by atoms with E-state index in [-0.39, 0.29) is 23.3 Å². The molecule has 29 heavy (non-hydrogen) atoms. The maximum absolute atomic E-state index is 12.8. The summed E-state index contributed by atoms with van der Waals surface area (Å²) in [5.74, 6) is -2.88. The Morgan fingerprint density at radius 2 is 1.62 bits per heavy atom. The molecule has 1 aliphatic rings. The van der Waals surface area contributed by atoms with Gasteiger partial charge in [-0.25, -0.2) is 0 Å². The summed E-state index contributed by atoms with van der Waals surface area (Å²) >= 11 is 0.386. The van der Waals surface area contributed by atoms with Crippen LogP contribution in [0.4, 0.5) is 8.78 Å². The van der Waals surface area contributed by atoms with Gasteiger partial charge >= 0.3 is 0 Å². The molecule has 0 saturated carbocycles. The minimum Gasteiger partial charge on any atom is -0.351 e. The van der Waals surface area contributed by atoms with Crippen LogP contribution in [-0.4, -0.2) is 60.1 Å². The molecule has 0 atom stereocenters. The van der Waals surface area contributed by atoms with Gasteiger partial charge in [-0.1, -0.05) is 54.2 Å². The second-order valence-corrected chi connectivity index (χ2v) is 7.74. The first-order valence-electron chi connectivity index (χ1n) is 9.39. The highest BCUT2D eigenvalue weighted by Gasteiger charge is 2.25. The van der Waals surface area contributed by atoms with Crippen molar-refractivity contribution in [3.05, 3.63) is 65.7 Å². The number of rotatable bonds is 7. The fraction of sp³-hybridized carbons (Fsp3) is 0.333. The lowest BCUT2D eigenvalue weighted by Gasteiger charge is -2.34. The molecule has 0 aromatic heterocycles. The van der Waals surface area contributed by atoms with Crippen molar-refractivity contribution in [3.8, 4) is 0 Å². The molecule has 3 rings (SSSR count). The zero-order valence-electron chi connectivity index (χ0n) is 15.9. The predicted molar refractivity (Wildman–Crippen MR) is 109 cm³/mol. The molecule has 5 nitrogen and oxygen atoms in total. The minimum absolute atomic E-state index is 0.0627. The number of piperazine rings is 1. The van der Waals surface area contributed by atoms with Crippen molar-refractivity contribution in [3.63, 3.8) is 0 Å². The molecule has 0 aliphatic carbocycles. The van der Waals surface area contributed by atoms with Crippen molar-refractivity contribution in [2.75, 3.05) is 32.7 Å². The van der Waals surface area contributed by atoms with Crippen LogP contribution in [0.2, 0.25) is 0 Å². The van der Waals surface area contributed by atoms with Crippen LogP contribution in [0.3, 0.4) is 0 Å². The number of nitrogens with zero attached hydrogens (tertiary/aromatic N) is 2. The maximum Gasteiger partial charge on any atom is 0.288 e. The summed E-state index contributed by atoms with van der Waals surface area (Å²) in [5, 5.41) is 2.90. The van der Waals surface area contributed by atoms with Gasteiger partial charge in [-0.15, -0.1) is 0 Å². The summed E-state index contributed by atoms with van der Waals surface area (Å²) in [6, 6.07) is 16.1. The van der Waals surface area contributed by atoms with Gasteiger partial charge in [-0.3, -0.25) is 14.5 Å². The second-order valence-electron chi connectivity index (χ2n) is 6.71. The summed E-state index contributed by atoms with van der Waals surface area (Å²) in [7, 11) is 0. The van der Waals surface area contributed by atoms with Crippen molar-refractivity contribution in [1.29, 1.82) is 0 Å². The normalized spacial score (nSPS) is 14.8. The highest BCUT2D eigenvalue weighted by molar-refractivity contribution is 7.99. The summed E-state index contributed by atoms with van der Waals surface area (Å²) in [5.41, 5.74) is 1.34. The van der Waals surface area contributed by atoms with Gasteiger partial charge in [0.15, 0.2) is 0 Å². The first-order chi connectivity index (χ1) is 14.0. The van der Waals surface area contributed by atoms with E-state index >= 15 is 0 Å². The van der Waals surface area contributed by atoms with Crippen molar-refractivity contribution in [2.24, 2.45) is 0 Å². The van der Waals surface area contributed by atoms with Crippen LogP contribution < -0.4 is 5.32 Å². The summed E-state index contributed by atoms with van der Waals surface area (Å²) in [6.07, 6.45) is 0. The van der Waals surface area contributed by atoms with Crippen LogP contribution in [0, 0.1) is 0 Å². The Kier molecular flexibility index (Phi) is 7.60. The van der Waals surface area contributed by atoms with Gasteiger partial charge in [0.1, 0.15) is 0 Å². The molecule has 1 saturated heterocycles. The Balaban J connectivity index is 1.48. The Morgan fingerprint density at radius 1 is 0.966 bits per heavy atom. The lowest BCUT2D eigenvalue weighted by molar-refractivity contribution is -0.122. The SMILES string of the molecule is O=C(CN1CCN(C(=O)c2ccccc2SC(F)F)CC1)NCc1ccccc1. The van der Waals surface area contributed by atoms with Gasteiger partial charge in [0.25, 0.3) is 11.7 Å². The number of carbonyl (C=O) groups is 2. The Hall–Kier alpha value is -2.45. The Labute approximate surface area is 173 Å². The van der Waals surface area contributed by atoms with E-state index in [4.69, 9.17) is 0 Å². The molecular weight excluding hydrogens is 396 g/mol. The van der Waals surface area contributed by atoms with Gasteiger partial charge in [-0.05, 0) is 17.7 Å². The molecule has 2 amide bonds. The number of carbonyl (C=O) groups excluding carboxylic acids is 2. The molecule has 1 aliphatic heterocycles. The molecule has 154 valence electrons.